The maximum absolute atomic E-state index is 12.4. The number of nitrogens with zero attached hydrogens (tertiary/aromatic N) is 2. The summed E-state index contributed by atoms with van der Waals surface area (Å²) < 4.78 is 7.11. The minimum Gasteiger partial charge on any atom is -0.383 e. The summed E-state index contributed by atoms with van der Waals surface area (Å²) >= 11 is 0. The quantitative estimate of drug-likeness (QED) is 0.841. The molecule has 1 aliphatic heterocycles. The average Bonchev–Trinajstić information content (AvgIpc) is 2.97. The summed E-state index contributed by atoms with van der Waals surface area (Å²) in [6.07, 6.45) is 3.35. The van der Waals surface area contributed by atoms with E-state index in [1.807, 2.05) is 31.3 Å². The second-order valence-corrected chi connectivity index (χ2v) is 6.12. The molecule has 0 radical (unpaired) electrons. The molecule has 0 amide bonds. The summed E-state index contributed by atoms with van der Waals surface area (Å²) in [7, 11) is 3.64. The van der Waals surface area contributed by atoms with E-state index in [1.54, 1.807) is 11.7 Å². The second kappa shape index (κ2) is 7.95. The van der Waals surface area contributed by atoms with Crippen LogP contribution in [0.4, 0.5) is 0 Å². The van der Waals surface area contributed by atoms with Gasteiger partial charge in [-0.2, -0.15) is 0 Å². The first-order valence-corrected chi connectivity index (χ1v) is 8.01. The van der Waals surface area contributed by atoms with Crippen molar-refractivity contribution in [2.45, 2.75) is 25.3 Å². The third kappa shape index (κ3) is 3.77. The van der Waals surface area contributed by atoms with Crippen molar-refractivity contribution in [1.29, 1.82) is 0 Å². The number of hydrogen-bond donors (Lipinski definition) is 0. The van der Waals surface area contributed by atoms with Crippen molar-refractivity contribution in [3.63, 3.8) is 0 Å². The van der Waals surface area contributed by atoms with Crippen LogP contribution in [0.2, 0.25) is 0 Å². The number of halogens is 1. The number of fused-ring (bicyclic) bond motifs is 1. The Labute approximate surface area is 143 Å². The Hall–Kier alpha value is -1.36. The molecule has 0 saturated carbocycles. The summed E-state index contributed by atoms with van der Waals surface area (Å²) in [6.45, 7) is 2.92. The predicted molar refractivity (Wildman–Crippen MR) is 96.6 cm³/mol. The number of methoxy groups -OCH3 is 1. The highest BCUT2D eigenvalue weighted by Crippen LogP contribution is 2.18. The number of rotatable bonds is 5. The first kappa shape index (κ1) is 18.0. The maximum Gasteiger partial charge on any atom is 0.258 e. The van der Waals surface area contributed by atoms with Crippen LogP contribution in [-0.2, 0) is 18.2 Å². The number of hydrogen-bond acceptors (Lipinski definition) is 3. The molecule has 0 bridgehead atoms. The van der Waals surface area contributed by atoms with Crippen molar-refractivity contribution >= 4 is 23.2 Å². The Morgan fingerprint density at radius 3 is 2.87 bits per heavy atom. The van der Waals surface area contributed by atoms with E-state index >= 15 is 0 Å². The first-order chi connectivity index (χ1) is 10.7. The zero-order valence-electron chi connectivity index (χ0n) is 13.8. The van der Waals surface area contributed by atoms with E-state index in [9.17, 15) is 4.79 Å². The van der Waals surface area contributed by atoms with E-state index < -0.39 is 0 Å². The van der Waals surface area contributed by atoms with Gasteiger partial charge in [-0.05, 0) is 36.9 Å². The van der Waals surface area contributed by atoms with Crippen LogP contribution < -0.4 is 5.56 Å². The molecule has 1 aromatic heterocycles. The smallest absolute Gasteiger partial charge is 0.258 e. The zero-order valence-corrected chi connectivity index (χ0v) is 14.6. The van der Waals surface area contributed by atoms with Crippen LogP contribution in [-0.4, -0.2) is 42.3 Å². The maximum atomic E-state index is 12.4. The largest absolute Gasteiger partial charge is 0.383 e. The summed E-state index contributed by atoms with van der Waals surface area (Å²) in [6, 6.07) is 10.5. The molecule has 126 valence electrons. The van der Waals surface area contributed by atoms with Gasteiger partial charge in [-0.1, -0.05) is 18.2 Å². The zero-order chi connectivity index (χ0) is 15.5. The Morgan fingerprint density at radius 1 is 1.30 bits per heavy atom. The molecule has 0 spiro atoms. The van der Waals surface area contributed by atoms with E-state index in [1.165, 1.54) is 12.8 Å². The standard InChI is InChI=1S/C18H24N2O2.ClH/c1-19-15(9-11-20-10-5-7-16(20)13-22-2)12-14-6-3-4-8-17(14)18(19)21;/h3-4,6,8,12,16H,5,7,9-11,13H2,1-2H3;1H. The molecule has 1 atom stereocenters. The van der Waals surface area contributed by atoms with Crippen molar-refractivity contribution in [2.75, 3.05) is 26.8 Å². The number of likely N-dealkylation sites (tertiary alicyclic amines) is 1. The van der Waals surface area contributed by atoms with E-state index in [0.29, 0.717) is 6.04 Å². The fraction of sp³-hybridized carbons (Fsp3) is 0.500. The molecule has 1 saturated heterocycles. The monoisotopic (exact) mass is 336 g/mol. The van der Waals surface area contributed by atoms with Gasteiger partial charge >= 0.3 is 0 Å². The first-order valence-electron chi connectivity index (χ1n) is 8.01. The van der Waals surface area contributed by atoms with Gasteiger partial charge < -0.3 is 9.30 Å². The van der Waals surface area contributed by atoms with Crippen molar-refractivity contribution in [2.24, 2.45) is 7.05 Å². The van der Waals surface area contributed by atoms with Crippen LogP contribution in [0.3, 0.4) is 0 Å². The van der Waals surface area contributed by atoms with Crippen molar-refractivity contribution < 1.29 is 4.74 Å². The molecule has 0 aliphatic carbocycles. The molecule has 1 fully saturated rings. The van der Waals surface area contributed by atoms with Gasteiger partial charge in [-0.15, -0.1) is 12.4 Å². The average molecular weight is 337 g/mol. The van der Waals surface area contributed by atoms with E-state index in [2.05, 4.69) is 11.0 Å². The molecule has 1 aliphatic rings. The van der Waals surface area contributed by atoms with Crippen molar-refractivity contribution in [1.82, 2.24) is 9.47 Å². The molecule has 2 aromatic rings. The second-order valence-electron chi connectivity index (χ2n) is 6.12. The summed E-state index contributed by atoms with van der Waals surface area (Å²) in [5.74, 6) is 0. The SMILES string of the molecule is COCC1CCCN1CCc1cc2ccccc2c(=O)n1C.Cl. The van der Waals surface area contributed by atoms with Crippen LogP contribution in [0, 0.1) is 0 Å². The third-order valence-corrected chi connectivity index (χ3v) is 4.76. The van der Waals surface area contributed by atoms with Crippen LogP contribution in [0.1, 0.15) is 18.5 Å². The lowest BCUT2D eigenvalue weighted by molar-refractivity contribution is 0.116. The fourth-order valence-electron chi connectivity index (χ4n) is 3.47. The van der Waals surface area contributed by atoms with Gasteiger partial charge in [0.15, 0.2) is 0 Å². The van der Waals surface area contributed by atoms with Gasteiger partial charge in [0.25, 0.3) is 5.56 Å². The number of pyridine rings is 1. The highest BCUT2D eigenvalue weighted by Gasteiger charge is 2.24. The molecule has 1 aromatic carbocycles. The third-order valence-electron chi connectivity index (χ3n) is 4.76. The van der Waals surface area contributed by atoms with Crippen LogP contribution in [0.25, 0.3) is 10.8 Å². The summed E-state index contributed by atoms with van der Waals surface area (Å²) in [5, 5.41) is 1.84. The van der Waals surface area contributed by atoms with Crippen molar-refractivity contribution in [3.8, 4) is 0 Å². The molecule has 0 N–H and O–H groups in total. The Kier molecular flexibility index (Phi) is 6.22. The number of ether oxygens (including phenoxy) is 1. The molecule has 4 nitrogen and oxygen atoms in total. The van der Waals surface area contributed by atoms with Gasteiger partial charge in [0.2, 0.25) is 0 Å². The van der Waals surface area contributed by atoms with Crippen LogP contribution in [0.5, 0.6) is 0 Å². The van der Waals surface area contributed by atoms with Crippen LogP contribution >= 0.6 is 12.4 Å². The predicted octanol–water partition coefficient (Wildman–Crippen LogP) is 2.61. The minimum atomic E-state index is 0. The van der Waals surface area contributed by atoms with E-state index in [-0.39, 0.29) is 18.0 Å². The van der Waals surface area contributed by atoms with Gasteiger partial charge in [0.1, 0.15) is 0 Å². The number of aromatic nitrogens is 1. The molecule has 1 unspecified atom stereocenters. The lowest BCUT2D eigenvalue weighted by Gasteiger charge is -2.24. The topological polar surface area (TPSA) is 34.5 Å². The van der Waals surface area contributed by atoms with Gasteiger partial charge in [-0.25, -0.2) is 0 Å². The van der Waals surface area contributed by atoms with Gasteiger partial charge in [0, 0.05) is 44.2 Å². The lowest BCUT2D eigenvalue weighted by Crippen LogP contribution is -2.35. The normalized spacial score (nSPS) is 18.3. The highest BCUT2D eigenvalue weighted by molar-refractivity contribution is 5.85. The molecule has 23 heavy (non-hydrogen) atoms. The van der Waals surface area contributed by atoms with Gasteiger partial charge in [0.05, 0.1) is 6.61 Å². The molecular weight excluding hydrogens is 312 g/mol. The highest BCUT2D eigenvalue weighted by atomic mass is 35.5. The Bertz CT molecular complexity index is 714. The number of benzene rings is 1. The fourth-order valence-corrected chi connectivity index (χ4v) is 3.47. The molecular formula is C18H25ClN2O2. The molecule has 5 heteroatoms. The summed E-state index contributed by atoms with van der Waals surface area (Å²) in [4.78, 5) is 14.9. The lowest BCUT2D eigenvalue weighted by atomic mass is 10.1. The minimum absolute atomic E-state index is 0. The molecule has 3 rings (SSSR count). The Morgan fingerprint density at radius 2 is 2.09 bits per heavy atom. The van der Waals surface area contributed by atoms with Crippen molar-refractivity contribution in [3.05, 3.63) is 46.4 Å². The molecule has 2 heterocycles. The van der Waals surface area contributed by atoms with E-state index in [4.69, 9.17) is 4.74 Å². The summed E-state index contributed by atoms with van der Waals surface area (Å²) in [5.41, 5.74) is 1.20. The Balaban J connectivity index is 0.00000192. The van der Waals surface area contributed by atoms with E-state index in [0.717, 1.165) is 42.6 Å². The van der Waals surface area contributed by atoms with Crippen LogP contribution in [0.15, 0.2) is 35.1 Å². The van der Waals surface area contributed by atoms with Gasteiger partial charge in [-0.3, -0.25) is 9.69 Å².